The van der Waals surface area contributed by atoms with Crippen LogP contribution in [-0.4, -0.2) is 22.7 Å². The number of ether oxygens (including phenoxy) is 1. The molecule has 21 heavy (non-hydrogen) atoms. The van der Waals surface area contributed by atoms with Gasteiger partial charge in [0, 0.05) is 12.5 Å². The standard InChI is InChI=1S/C16H23N3O2/c1-4-17-14(12(2)3)10-16-18-15(19-21-16)11-20-13-8-6-5-7-9-13/h5-9,12,14,17H,4,10-11H2,1-3H3. The summed E-state index contributed by atoms with van der Waals surface area (Å²) >= 11 is 0. The molecule has 0 aliphatic heterocycles. The summed E-state index contributed by atoms with van der Waals surface area (Å²) in [6.45, 7) is 7.72. The van der Waals surface area contributed by atoms with Crippen LogP contribution in [0, 0.1) is 5.92 Å². The molecule has 0 fully saturated rings. The van der Waals surface area contributed by atoms with Gasteiger partial charge in [-0.1, -0.05) is 44.1 Å². The largest absolute Gasteiger partial charge is 0.485 e. The third-order valence-corrected chi connectivity index (χ3v) is 3.29. The summed E-state index contributed by atoms with van der Waals surface area (Å²) in [6.07, 6.45) is 0.740. The maximum absolute atomic E-state index is 5.60. The topological polar surface area (TPSA) is 60.2 Å². The lowest BCUT2D eigenvalue weighted by molar-refractivity contribution is 0.283. The summed E-state index contributed by atoms with van der Waals surface area (Å²) in [5, 5.41) is 7.40. The normalized spacial score (nSPS) is 12.6. The van der Waals surface area contributed by atoms with E-state index in [2.05, 4.69) is 36.2 Å². The van der Waals surface area contributed by atoms with Gasteiger partial charge in [-0.05, 0) is 24.6 Å². The SMILES string of the molecule is CCNC(Cc1nc(COc2ccccc2)no1)C(C)C. The van der Waals surface area contributed by atoms with Gasteiger partial charge < -0.3 is 14.6 Å². The van der Waals surface area contributed by atoms with Gasteiger partial charge in [0.1, 0.15) is 5.75 Å². The van der Waals surface area contributed by atoms with Crippen molar-refractivity contribution in [1.29, 1.82) is 0 Å². The van der Waals surface area contributed by atoms with Crippen LogP contribution in [0.4, 0.5) is 0 Å². The van der Waals surface area contributed by atoms with Crippen LogP contribution in [-0.2, 0) is 13.0 Å². The monoisotopic (exact) mass is 289 g/mol. The van der Waals surface area contributed by atoms with Gasteiger partial charge in [-0.25, -0.2) is 0 Å². The fraction of sp³-hybridized carbons (Fsp3) is 0.500. The molecule has 2 aromatic rings. The summed E-state index contributed by atoms with van der Waals surface area (Å²) < 4.78 is 10.9. The van der Waals surface area contributed by atoms with Crippen molar-refractivity contribution in [2.75, 3.05) is 6.54 Å². The molecule has 5 heteroatoms. The number of nitrogens with one attached hydrogen (secondary N) is 1. The first-order chi connectivity index (χ1) is 10.2. The first-order valence-electron chi connectivity index (χ1n) is 7.41. The van der Waals surface area contributed by atoms with Crippen molar-refractivity contribution >= 4 is 0 Å². The van der Waals surface area contributed by atoms with Crippen LogP contribution in [0.3, 0.4) is 0 Å². The van der Waals surface area contributed by atoms with Gasteiger partial charge in [-0.15, -0.1) is 0 Å². The van der Waals surface area contributed by atoms with E-state index in [1.807, 2.05) is 30.3 Å². The Bertz CT molecular complexity index is 525. The number of nitrogens with zero attached hydrogens (tertiary/aromatic N) is 2. The number of rotatable bonds is 8. The zero-order valence-electron chi connectivity index (χ0n) is 12.9. The maximum atomic E-state index is 5.60. The highest BCUT2D eigenvalue weighted by Gasteiger charge is 2.17. The first-order valence-corrected chi connectivity index (χ1v) is 7.41. The molecule has 1 heterocycles. The molecule has 1 aromatic carbocycles. The average molecular weight is 289 g/mol. The van der Waals surface area contributed by atoms with Crippen molar-refractivity contribution in [3.05, 3.63) is 42.0 Å². The van der Waals surface area contributed by atoms with E-state index < -0.39 is 0 Å². The zero-order chi connectivity index (χ0) is 15.1. The van der Waals surface area contributed by atoms with Crippen molar-refractivity contribution in [2.45, 2.75) is 39.8 Å². The number of hydrogen-bond acceptors (Lipinski definition) is 5. The van der Waals surface area contributed by atoms with Gasteiger partial charge >= 0.3 is 0 Å². The number of hydrogen-bond donors (Lipinski definition) is 1. The summed E-state index contributed by atoms with van der Waals surface area (Å²) in [7, 11) is 0. The number of para-hydroxylation sites is 1. The number of aromatic nitrogens is 2. The lowest BCUT2D eigenvalue weighted by Crippen LogP contribution is -2.35. The molecule has 0 saturated heterocycles. The summed E-state index contributed by atoms with van der Waals surface area (Å²) in [4.78, 5) is 4.39. The highest BCUT2D eigenvalue weighted by molar-refractivity contribution is 5.20. The summed E-state index contributed by atoms with van der Waals surface area (Å²) in [5.41, 5.74) is 0. The van der Waals surface area contributed by atoms with E-state index in [4.69, 9.17) is 9.26 Å². The predicted octanol–water partition coefficient (Wildman–Crippen LogP) is 2.83. The second kappa shape index (κ2) is 7.78. The molecule has 1 N–H and O–H groups in total. The van der Waals surface area contributed by atoms with Crippen LogP contribution >= 0.6 is 0 Å². The minimum absolute atomic E-state index is 0.321. The Hall–Kier alpha value is -1.88. The van der Waals surface area contributed by atoms with Crippen molar-refractivity contribution in [2.24, 2.45) is 5.92 Å². The third kappa shape index (κ3) is 4.86. The smallest absolute Gasteiger partial charge is 0.228 e. The molecule has 0 radical (unpaired) electrons. The van der Waals surface area contributed by atoms with E-state index >= 15 is 0 Å². The molecule has 0 saturated carbocycles. The van der Waals surface area contributed by atoms with Crippen LogP contribution in [0.15, 0.2) is 34.9 Å². The van der Waals surface area contributed by atoms with E-state index in [1.54, 1.807) is 0 Å². The fourth-order valence-electron chi connectivity index (χ4n) is 2.09. The molecule has 0 aliphatic carbocycles. The lowest BCUT2D eigenvalue weighted by atomic mass is 10.0. The van der Waals surface area contributed by atoms with Crippen LogP contribution in [0.25, 0.3) is 0 Å². The molecule has 0 amide bonds. The second-order valence-electron chi connectivity index (χ2n) is 5.32. The molecule has 114 valence electrons. The van der Waals surface area contributed by atoms with Crippen molar-refractivity contribution < 1.29 is 9.26 Å². The molecule has 0 aliphatic rings. The minimum atomic E-state index is 0.321. The van der Waals surface area contributed by atoms with E-state index in [0.717, 1.165) is 18.7 Å². The fourth-order valence-corrected chi connectivity index (χ4v) is 2.09. The second-order valence-corrected chi connectivity index (χ2v) is 5.32. The van der Waals surface area contributed by atoms with E-state index in [1.165, 1.54) is 0 Å². The Balaban J connectivity index is 1.88. The molecular weight excluding hydrogens is 266 g/mol. The van der Waals surface area contributed by atoms with Crippen molar-refractivity contribution in [3.8, 4) is 5.75 Å². The van der Waals surface area contributed by atoms with Gasteiger partial charge in [-0.3, -0.25) is 0 Å². The Morgan fingerprint density at radius 2 is 2.00 bits per heavy atom. The van der Waals surface area contributed by atoms with Crippen molar-refractivity contribution in [1.82, 2.24) is 15.5 Å². The third-order valence-electron chi connectivity index (χ3n) is 3.29. The van der Waals surface area contributed by atoms with E-state index in [9.17, 15) is 0 Å². The quantitative estimate of drug-likeness (QED) is 0.809. The van der Waals surface area contributed by atoms with Gasteiger partial charge in [-0.2, -0.15) is 4.98 Å². The van der Waals surface area contributed by atoms with E-state index in [-0.39, 0.29) is 0 Å². The summed E-state index contributed by atoms with van der Waals surface area (Å²) in [5.74, 6) is 2.55. The Kier molecular flexibility index (Phi) is 5.75. The molecule has 1 atom stereocenters. The molecule has 5 nitrogen and oxygen atoms in total. The maximum Gasteiger partial charge on any atom is 0.228 e. The minimum Gasteiger partial charge on any atom is -0.485 e. The molecule has 1 unspecified atom stereocenters. The van der Waals surface area contributed by atoms with Gasteiger partial charge in [0.25, 0.3) is 0 Å². The van der Waals surface area contributed by atoms with Crippen LogP contribution in [0.5, 0.6) is 5.75 Å². The molecular formula is C16H23N3O2. The van der Waals surface area contributed by atoms with Crippen LogP contribution in [0.1, 0.15) is 32.5 Å². The lowest BCUT2D eigenvalue weighted by Gasteiger charge is -2.19. The average Bonchev–Trinajstić information content (AvgIpc) is 2.93. The highest BCUT2D eigenvalue weighted by Crippen LogP contribution is 2.12. The molecule has 0 spiro atoms. The molecule has 1 aromatic heterocycles. The Morgan fingerprint density at radius 3 is 2.67 bits per heavy atom. The predicted molar refractivity (Wildman–Crippen MR) is 81.1 cm³/mol. The first kappa shape index (κ1) is 15.5. The highest BCUT2D eigenvalue weighted by atomic mass is 16.5. The van der Waals surface area contributed by atoms with Gasteiger partial charge in [0.2, 0.25) is 11.7 Å². The summed E-state index contributed by atoms with van der Waals surface area (Å²) in [6, 6.07) is 9.97. The Morgan fingerprint density at radius 1 is 1.24 bits per heavy atom. The van der Waals surface area contributed by atoms with Gasteiger partial charge in [0.15, 0.2) is 6.61 Å². The molecule has 0 bridgehead atoms. The van der Waals surface area contributed by atoms with Crippen molar-refractivity contribution in [3.63, 3.8) is 0 Å². The molecule has 2 rings (SSSR count). The van der Waals surface area contributed by atoms with Crippen LogP contribution in [0.2, 0.25) is 0 Å². The zero-order valence-corrected chi connectivity index (χ0v) is 12.9. The van der Waals surface area contributed by atoms with Crippen LogP contribution < -0.4 is 10.1 Å². The van der Waals surface area contributed by atoms with Gasteiger partial charge in [0.05, 0.1) is 0 Å². The van der Waals surface area contributed by atoms with E-state index in [0.29, 0.717) is 30.3 Å². The Labute approximate surface area is 125 Å². The number of likely N-dealkylation sites (N-methyl/N-ethyl adjacent to an activating group) is 1. The number of benzene rings is 1.